The molecule has 0 aliphatic heterocycles. The number of benzene rings is 2. The molecule has 2 rings (SSSR count). The molecular formula is C33H53NO. The van der Waals surface area contributed by atoms with Crippen LogP contribution in [-0.4, -0.2) is 22.2 Å². The Balaban J connectivity index is 1.68. The van der Waals surface area contributed by atoms with E-state index in [2.05, 4.69) is 79.4 Å². The average molecular weight is 480 g/mol. The van der Waals surface area contributed by atoms with Crippen LogP contribution in [0.1, 0.15) is 121 Å². The molecule has 35 heavy (non-hydrogen) atoms. The highest BCUT2D eigenvalue weighted by molar-refractivity contribution is 5.17. The molecule has 0 bridgehead atoms. The van der Waals surface area contributed by atoms with E-state index >= 15 is 0 Å². The van der Waals surface area contributed by atoms with Crippen molar-refractivity contribution in [2.24, 2.45) is 0 Å². The van der Waals surface area contributed by atoms with Crippen molar-refractivity contribution in [2.45, 2.75) is 135 Å². The van der Waals surface area contributed by atoms with Gasteiger partial charge in [0.2, 0.25) is 0 Å². The van der Waals surface area contributed by atoms with Crippen molar-refractivity contribution >= 4 is 0 Å². The molecule has 0 unspecified atom stereocenters. The van der Waals surface area contributed by atoms with Crippen LogP contribution in [0.2, 0.25) is 0 Å². The quantitative estimate of drug-likeness (QED) is 0.180. The third-order valence-corrected chi connectivity index (χ3v) is 7.39. The van der Waals surface area contributed by atoms with Crippen molar-refractivity contribution in [3.63, 3.8) is 0 Å². The number of nitrogens with zero attached hydrogens (tertiary/aromatic N) is 1. The van der Waals surface area contributed by atoms with E-state index in [-0.39, 0.29) is 12.1 Å². The second-order valence-electron chi connectivity index (χ2n) is 10.5. The van der Waals surface area contributed by atoms with Crippen LogP contribution < -0.4 is 0 Å². The first-order valence-electron chi connectivity index (χ1n) is 14.7. The lowest BCUT2D eigenvalue weighted by molar-refractivity contribution is 0.0304. The Labute approximate surface area is 217 Å². The minimum atomic E-state index is -0.264. The van der Waals surface area contributed by atoms with Gasteiger partial charge in [0.1, 0.15) is 0 Å². The highest BCUT2D eigenvalue weighted by atomic mass is 16.3. The second-order valence-corrected chi connectivity index (χ2v) is 10.5. The van der Waals surface area contributed by atoms with Gasteiger partial charge in [-0.25, -0.2) is 0 Å². The van der Waals surface area contributed by atoms with Gasteiger partial charge in [0.05, 0.1) is 6.10 Å². The predicted molar refractivity (Wildman–Crippen MR) is 153 cm³/mol. The molecule has 2 atom stereocenters. The van der Waals surface area contributed by atoms with Crippen LogP contribution >= 0.6 is 0 Å². The standard InChI is InChI=1S/C33H53NO/c1-3-5-6-7-8-9-10-11-12-13-14-15-22-27-33(35)32(4-2)34(28-30-23-18-16-19-24-30)29-31-25-20-17-21-26-31/h16-21,23-26,32-33,35H,3-15,22,27-29H2,1-2H3/t32-,33+/m0/s1. The number of hydrogen-bond donors (Lipinski definition) is 1. The summed E-state index contributed by atoms with van der Waals surface area (Å²) in [5.74, 6) is 0. The SMILES string of the molecule is CCCCCCCCCCCCCCC[C@@H](O)[C@H](CC)N(Cc1ccccc1)Cc1ccccc1. The maximum Gasteiger partial charge on any atom is 0.0695 e. The highest BCUT2D eigenvalue weighted by Gasteiger charge is 2.24. The van der Waals surface area contributed by atoms with Gasteiger partial charge in [-0.2, -0.15) is 0 Å². The molecule has 0 radical (unpaired) electrons. The number of aliphatic hydroxyl groups is 1. The minimum absolute atomic E-state index is 0.188. The van der Waals surface area contributed by atoms with Gasteiger partial charge in [-0.05, 0) is 24.0 Å². The van der Waals surface area contributed by atoms with Crippen LogP contribution in [0.3, 0.4) is 0 Å². The molecule has 0 fully saturated rings. The Morgan fingerprint density at radius 3 is 1.37 bits per heavy atom. The molecule has 0 aliphatic rings. The molecule has 0 aromatic heterocycles. The van der Waals surface area contributed by atoms with Gasteiger partial charge in [-0.15, -0.1) is 0 Å². The summed E-state index contributed by atoms with van der Waals surface area (Å²) in [6.45, 7) is 6.27. The van der Waals surface area contributed by atoms with Crippen LogP contribution in [-0.2, 0) is 13.1 Å². The fraction of sp³-hybridized carbons (Fsp3) is 0.636. The molecule has 1 N–H and O–H groups in total. The second kappa shape index (κ2) is 19.5. The maximum atomic E-state index is 11.2. The van der Waals surface area contributed by atoms with Gasteiger partial charge in [0, 0.05) is 19.1 Å². The summed E-state index contributed by atoms with van der Waals surface area (Å²) in [6, 6.07) is 21.6. The normalized spacial score (nSPS) is 13.3. The van der Waals surface area contributed by atoms with Gasteiger partial charge >= 0.3 is 0 Å². The molecule has 2 heteroatoms. The lowest BCUT2D eigenvalue weighted by Gasteiger charge is -2.34. The number of rotatable bonds is 21. The summed E-state index contributed by atoms with van der Waals surface area (Å²) < 4.78 is 0. The topological polar surface area (TPSA) is 23.5 Å². The van der Waals surface area contributed by atoms with Crippen molar-refractivity contribution in [3.05, 3.63) is 71.8 Å². The summed E-state index contributed by atoms with van der Waals surface area (Å²) in [6.07, 6.45) is 19.4. The smallest absolute Gasteiger partial charge is 0.0695 e. The molecule has 0 spiro atoms. The predicted octanol–water partition coefficient (Wildman–Crippen LogP) is 9.31. The number of unbranched alkanes of at least 4 members (excludes halogenated alkanes) is 12. The molecule has 196 valence electrons. The van der Waals surface area contributed by atoms with E-state index in [9.17, 15) is 5.11 Å². The number of hydrogen-bond acceptors (Lipinski definition) is 2. The van der Waals surface area contributed by atoms with E-state index in [1.807, 2.05) is 0 Å². The van der Waals surface area contributed by atoms with E-state index in [1.54, 1.807) is 0 Å². The van der Waals surface area contributed by atoms with E-state index in [0.29, 0.717) is 0 Å². The molecule has 0 saturated heterocycles. The monoisotopic (exact) mass is 479 g/mol. The molecule has 0 saturated carbocycles. The Hall–Kier alpha value is -1.64. The lowest BCUT2D eigenvalue weighted by Crippen LogP contribution is -2.42. The number of aliphatic hydroxyl groups excluding tert-OH is 1. The van der Waals surface area contributed by atoms with E-state index in [0.717, 1.165) is 32.4 Å². The largest absolute Gasteiger partial charge is 0.391 e. The lowest BCUT2D eigenvalue weighted by atomic mass is 9.98. The Morgan fingerprint density at radius 1 is 0.571 bits per heavy atom. The van der Waals surface area contributed by atoms with E-state index in [4.69, 9.17) is 0 Å². The first kappa shape index (κ1) is 29.6. The third-order valence-electron chi connectivity index (χ3n) is 7.39. The third kappa shape index (κ3) is 13.3. The molecule has 0 amide bonds. The molecule has 2 nitrogen and oxygen atoms in total. The van der Waals surface area contributed by atoms with Gasteiger partial charge in [-0.1, -0.05) is 158 Å². The minimum Gasteiger partial charge on any atom is -0.391 e. The van der Waals surface area contributed by atoms with Crippen molar-refractivity contribution in [1.82, 2.24) is 4.90 Å². The Morgan fingerprint density at radius 2 is 0.971 bits per heavy atom. The fourth-order valence-corrected chi connectivity index (χ4v) is 5.26. The van der Waals surface area contributed by atoms with Crippen molar-refractivity contribution in [3.8, 4) is 0 Å². The highest BCUT2D eigenvalue weighted by Crippen LogP contribution is 2.21. The zero-order chi connectivity index (χ0) is 25.0. The van der Waals surface area contributed by atoms with Gasteiger partial charge in [0.25, 0.3) is 0 Å². The summed E-state index contributed by atoms with van der Waals surface area (Å²) in [7, 11) is 0. The van der Waals surface area contributed by atoms with E-state index in [1.165, 1.54) is 88.2 Å². The average Bonchev–Trinajstić information content (AvgIpc) is 2.88. The fourth-order valence-electron chi connectivity index (χ4n) is 5.26. The molecule has 2 aromatic rings. The first-order chi connectivity index (χ1) is 17.2. The maximum absolute atomic E-state index is 11.2. The summed E-state index contributed by atoms with van der Waals surface area (Å²) >= 11 is 0. The summed E-state index contributed by atoms with van der Waals surface area (Å²) in [5.41, 5.74) is 2.63. The van der Waals surface area contributed by atoms with Crippen LogP contribution in [0.15, 0.2) is 60.7 Å². The van der Waals surface area contributed by atoms with Crippen LogP contribution in [0.4, 0.5) is 0 Å². The van der Waals surface area contributed by atoms with Gasteiger partial charge < -0.3 is 5.11 Å². The van der Waals surface area contributed by atoms with Crippen molar-refractivity contribution in [1.29, 1.82) is 0 Å². The zero-order valence-corrected chi connectivity index (χ0v) is 22.8. The molecular weight excluding hydrogens is 426 g/mol. The van der Waals surface area contributed by atoms with Crippen molar-refractivity contribution in [2.75, 3.05) is 0 Å². The van der Waals surface area contributed by atoms with Gasteiger partial charge in [-0.3, -0.25) is 4.90 Å². The first-order valence-corrected chi connectivity index (χ1v) is 14.7. The van der Waals surface area contributed by atoms with Crippen LogP contribution in [0.5, 0.6) is 0 Å². The summed E-state index contributed by atoms with van der Waals surface area (Å²) in [4.78, 5) is 2.48. The molecule has 2 aromatic carbocycles. The Kier molecular flexibility index (Phi) is 16.5. The molecule has 0 aliphatic carbocycles. The Bertz CT molecular complexity index is 675. The van der Waals surface area contributed by atoms with Crippen LogP contribution in [0, 0.1) is 0 Å². The zero-order valence-electron chi connectivity index (χ0n) is 22.8. The molecule has 0 heterocycles. The van der Waals surface area contributed by atoms with Crippen LogP contribution in [0.25, 0.3) is 0 Å². The summed E-state index contributed by atoms with van der Waals surface area (Å²) in [5, 5.41) is 11.2. The van der Waals surface area contributed by atoms with E-state index < -0.39 is 0 Å². The van der Waals surface area contributed by atoms with Gasteiger partial charge in [0.15, 0.2) is 0 Å². The van der Waals surface area contributed by atoms with Crippen molar-refractivity contribution < 1.29 is 5.11 Å².